The van der Waals surface area contributed by atoms with E-state index in [1.54, 1.807) is 30.3 Å². The van der Waals surface area contributed by atoms with Crippen LogP contribution in [0.5, 0.6) is 11.5 Å². The summed E-state index contributed by atoms with van der Waals surface area (Å²) >= 11 is 14.7. The highest BCUT2D eigenvalue weighted by Crippen LogP contribution is 2.27. The summed E-state index contributed by atoms with van der Waals surface area (Å²) in [7, 11) is 1.54. The maximum atomic E-state index is 12.6. The van der Waals surface area contributed by atoms with Gasteiger partial charge in [0.25, 0.3) is 5.91 Å². The minimum atomic E-state index is -0.376. The molecule has 0 saturated heterocycles. The Kier molecular flexibility index (Phi) is 7.25. The lowest BCUT2D eigenvalue weighted by Crippen LogP contribution is -2.34. The van der Waals surface area contributed by atoms with Gasteiger partial charge < -0.3 is 14.8 Å². The van der Waals surface area contributed by atoms with Crippen LogP contribution in [-0.2, 0) is 0 Å². The third-order valence-electron chi connectivity index (χ3n) is 3.19. The van der Waals surface area contributed by atoms with Crippen LogP contribution in [0, 0.1) is 0 Å². The molecular formula is C18H18BrClN2O3S. The Labute approximate surface area is 171 Å². The lowest BCUT2D eigenvalue weighted by atomic mass is 10.2. The molecule has 0 unspecified atom stereocenters. The van der Waals surface area contributed by atoms with Gasteiger partial charge in [0, 0.05) is 10.2 Å². The molecule has 0 saturated carbocycles. The summed E-state index contributed by atoms with van der Waals surface area (Å²) < 4.78 is 11.6. The van der Waals surface area contributed by atoms with E-state index >= 15 is 0 Å². The molecule has 138 valence electrons. The fraction of sp³-hybridized carbons (Fsp3) is 0.222. The average molecular weight is 458 g/mol. The van der Waals surface area contributed by atoms with Crippen molar-refractivity contribution < 1.29 is 14.3 Å². The van der Waals surface area contributed by atoms with E-state index in [-0.39, 0.29) is 17.1 Å². The predicted octanol–water partition coefficient (Wildman–Crippen LogP) is 5.03. The van der Waals surface area contributed by atoms with E-state index < -0.39 is 0 Å². The third-order valence-corrected chi connectivity index (χ3v) is 4.18. The van der Waals surface area contributed by atoms with Gasteiger partial charge in [0.15, 0.2) is 5.11 Å². The molecular weight excluding hydrogens is 440 g/mol. The van der Waals surface area contributed by atoms with Crippen LogP contribution in [0.3, 0.4) is 0 Å². The number of halogens is 2. The van der Waals surface area contributed by atoms with Gasteiger partial charge in [-0.05, 0) is 62.5 Å². The van der Waals surface area contributed by atoms with Crippen LogP contribution in [0.25, 0.3) is 0 Å². The molecule has 0 radical (unpaired) electrons. The Hall–Kier alpha value is -1.83. The number of thiocarbonyl (C=S) groups is 1. The molecule has 8 heteroatoms. The van der Waals surface area contributed by atoms with Gasteiger partial charge in [-0.15, -0.1) is 0 Å². The van der Waals surface area contributed by atoms with Crippen LogP contribution in [0.15, 0.2) is 40.9 Å². The maximum absolute atomic E-state index is 12.6. The number of hydrogen-bond acceptors (Lipinski definition) is 4. The summed E-state index contributed by atoms with van der Waals surface area (Å²) in [6, 6.07) is 10.3. The zero-order valence-electron chi connectivity index (χ0n) is 14.4. The lowest BCUT2D eigenvalue weighted by Gasteiger charge is -2.15. The summed E-state index contributed by atoms with van der Waals surface area (Å²) in [5.74, 6) is 0.659. The fourth-order valence-electron chi connectivity index (χ4n) is 2.11. The fourth-order valence-corrected chi connectivity index (χ4v) is 2.94. The molecule has 0 atom stereocenters. The van der Waals surface area contributed by atoms with Crippen molar-refractivity contribution in [3.63, 3.8) is 0 Å². The Morgan fingerprint density at radius 1 is 1.19 bits per heavy atom. The highest BCUT2D eigenvalue weighted by atomic mass is 79.9. The minimum Gasteiger partial charge on any atom is -0.495 e. The molecule has 2 rings (SSSR count). The summed E-state index contributed by atoms with van der Waals surface area (Å²) in [4.78, 5) is 12.6. The molecule has 0 fully saturated rings. The minimum absolute atomic E-state index is 0.0609. The molecule has 5 nitrogen and oxygen atoms in total. The van der Waals surface area contributed by atoms with Crippen LogP contribution in [0.1, 0.15) is 24.2 Å². The van der Waals surface area contributed by atoms with E-state index in [1.807, 2.05) is 19.9 Å². The van der Waals surface area contributed by atoms with Crippen LogP contribution < -0.4 is 20.1 Å². The van der Waals surface area contributed by atoms with Gasteiger partial charge in [0.2, 0.25) is 0 Å². The zero-order valence-corrected chi connectivity index (χ0v) is 17.6. The first-order valence-corrected chi connectivity index (χ1v) is 9.30. The van der Waals surface area contributed by atoms with Crippen molar-refractivity contribution in [2.24, 2.45) is 0 Å². The van der Waals surface area contributed by atoms with E-state index in [2.05, 4.69) is 26.6 Å². The summed E-state index contributed by atoms with van der Waals surface area (Å²) in [6.07, 6.45) is -0.0609. The number of carbonyl (C=O) groups excluding carboxylic acids is 1. The first-order chi connectivity index (χ1) is 12.3. The summed E-state index contributed by atoms with van der Waals surface area (Å²) in [5.41, 5.74) is 1.01. The molecule has 26 heavy (non-hydrogen) atoms. The van der Waals surface area contributed by atoms with Gasteiger partial charge in [-0.3, -0.25) is 10.1 Å². The van der Waals surface area contributed by atoms with Crippen molar-refractivity contribution in [3.8, 4) is 11.5 Å². The van der Waals surface area contributed by atoms with E-state index in [0.717, 1.165) is 4.47 Å². The summed E-state index contributed by atoms with van der Waals surface area (Å²) in [6.45, 7) is 3.78. The second-order valence-corrected chi connectivity index (χ2v) is 7.30. The number of amides is 1. The molecule has 2 N–H and O–H groups in total. The predicted molar refractivity (Wildman–Crippen MR) is 112 cm³/mol. The highest BCUT2D eigenvalue weighted by molar-refractivity contribution is 9.10. The van der Waals surface area contributed by atoms with Crippen LogP contribution in [-0.4, -0.2) is 24.2 Å². The molecule has 0 aliphatic carbocycles. The Balaban J connectivity index is 2.11. The smallest absolute Gasteiger partial charge is 0.261 e. The lowest BCUT2D eigenvalue weighted by molar-refractivity contribution is 0.0972. The number of carbonyl (C=O) groups is 1. The molecule has 0 heterocycles. The van der Waals surface area contributed by atoms with Gasteiger partial charge >= 0.3 is 0 Å². The quantitative estimate of drug-likeness (QED) is 0.617. The SMILES string of the molecule is COc1ccc(NC(=S)NC(=O)c2cc(Br)ccc2OC(C)C)cc1Cl. The van der Waals surface area contributed by atoms with Crippen LogP contribution >= 0.6 is 39.7 Å². The van der Waals surface area contributed by atoms with Crippen molar-refractivity contribution in [1.29, 1.82) is 0 Å². The second kappa shape index (κ2) is 9.21. The number of rotatable bonds is 5. The monoisotopic (exact) mass is 456 g/mol. The molecule has 0 spiro atoms. The van der Waals surface area contributed by atoms with Crippen molar-refractivity contribution in [2.75, 3.05) is 12.4 Å². The van der Waals surface area contributed by atoms with Gasteiger partial charge in [-0.1, -0.05) is 27.5 Å². The number of hydrogen-bond donors (Lipinski definition) is 2. The Bertz CT molecular complexity index is 830. The van der Waals surface area contributed by atoms with Crippen molar-refractivity contribution in [3.05, 3.63) is 51.5 Å². The number of ether oxygens (including phenoxy) is 2. The topological polar surface area (TPSA) is 59.6 Å². The number of nitrogens with one attached hydrogen (secondary N) is 2. The van der Waals surface area contributed by atoms with Crippen LogP contribution in [0.2, 0.25) is 5.02 Å². The normalized spacial score (nSPS) is 10.4. The molecule has 0 aliphatic rings. The Morgan fingerprint density at radius 3 is 2.50 bits per heavy atom. The molecule has 0 bridgehead atoms. The standard InChI is InChI=1S/C18H18BrClN2O3S/c1-10(2)25-15-6-4-11(19)8-13(15)17(23)22-18(26)21-12-5-7-16(24-3)14(20)9-12/h4-10H,1-3H3,(H2,21,22,23,26). The van der Waals surface area contributed by atoms with Gasteiger partial charge in [0.1, 0.15) is 11.5 Å². The molecule has 1 amide bonds. The third kappa shape index (κ3) is 5.59. The number of methoxy groups -OCH3 is 1. The van der Waals surface area contributed by atoms with Gasteiger partial charge in [-0.25, -0.2) is 0 Å². The van der Waals surface area contributed by atoms with E-state index in [4.69, 9.17) is 33.3 Å². The van der Waals surface area contributed by atoms with Crippen molar-refractivity contribution in [1.82, 2.24) is 5.32 Å². The van der Waals surface area contributed by atoms with Crippen LogP contribution in [0.4, 0.5) is 5.69 Å². The molecule has 2 aromatic rings. The second-order valence-electron chi connectivity index (χ2n) is 5.56. The first-order valence-electron chi connectivity index (χ1n) is 7.72. The van der Waals surface area contributed by atoms with E-state index in [9.17, 15) is 4.79 Å². The van der Waals surface area contributed by atoms with E-state index in [0.29, 0.717) is 27.8 Å². The van der Waals surface area contributed by atoms with Crippen molar-refractivity contribution >= 4 is 56.5 Å². The van der Waals surface area contributed by atoms with Gasteiger partial charge in [-0.2, -0.15) is 0 Å². The Morgan fingerprint density at radius 2 is 1.88 bits per heavy atom. The first kappa shape index (κ1) is 20.5. The molecule has 2 aromatic carbocycles. The van der Waals surface area contributed by atoms with Crippen molar-refractivity contribution in [2.45, 2.75) is 20.0 Å². The molecule has 0 aliphatic heterocycles. The van der Waals surface area contributed by atoms with Gasteiger partial charge in [0.05, 0.1) is 23.8 Å². The zero-order chi connectivity index (χ0) is 19.3. The number of anilines is 1. The molecule has 0 aromatic heterocycles. The van der Waals surface area contributed by atoms with E-state index in [1.165, 1.54) is 7.11 Å². The average Bonchev–Trinajstić information content (AvgIpc) is 2.56. The number of benzene rings is 2. The highest BCUT2D eigenvalue weighted by Gasteiger charge is 2.16. The largest absolute Gasteiger partial charge is 0.495 e. The maximum Gasteiger partial charge on any atom is 0.261 e. The summed E-state index contributed by atoms with van der Waals surface area (Å²) in [5, 5.41) is 6.14.